The Morgan fingerprint density at radius 1 is 1.03 bits per heavy atom. The van der Waals surface area contributed by atoms with Crippen LogP contribution in [0.15, 0.2) is 73.5 Å². The Labute approximate surface area is 178 Å². The van der Waals surface area contributed by atoms with Crippen LogP contribution in [0.5, 0.6) is 11.5 Å². The zero-order valence-corrected chi connectivity index (χ0v) is 16.4. The van der Waals surface area contributed by atoms with E-state index in [1.165, 1.54) is 6.07 Å². The van der Waals surface area contributed by atoms with Crippen LogP contribution < -0.4 is 31.7 Å². The van der Waals surface area contributed by atoms with Gasteiger partial charge in [0.05, 0.1) is 6.54 Å². The summed E-state index contributed by atoms with van der Waals surface area (Å²) in [6.07, 6.45) is 1.01. The number of hydrogen-bond donors (Lipinski definition) is 2. The molecule has 0 saturated heterocycles. The van der Waals surface area contributed by atoms with Gasteiger partial charge in [-0.05, 0) is 29.8 Å². The minimum atomic E-state index is -0.853. The topological polar surface area (TPSA) is 133 Å². The van der Waals surface area contributed by atoms with Crippen molar-refractivity contribution in [1.29, 1.82) is 0 Å². The summed E-state index contributed by atoms with van der Waals surface area (Å²) in [6, 6.07) is 13.3. The lowest BCUT2D eigenvalue weighted by Crippen LogP contribution is -2.39. The Balaban J connectivity index is 1.46. The molecule has 10 nitrogen and oxygen atoms in total. The standard InChI is InChI=1S/C22H15N3O7/c26-19(24-15-8-13-3-1-2-4-16(13)32-21(15)28)14-9-23-22(29)25(20(14)27)10-12-5-6-17-18(7-12)31-11-30-17/h1-9H,10-11H2,(H,23,29)(H,24,26). The van der Waals surface area contributed by atoms with Crippen molar-refractivity contribution in [3.05, 3.63) is 97.1 Å². The van der Waals surface area contributed by atoms with Crippen LogP contribution in [0.4, 0.5) is 5.69 Å². The van der Waals surface area contributed by atoms with Crippen molar-refractivity contribution in [2.45, 2.75) is 6.54 Å². The summed E-state index contributed by atoms with van der Waals surface area (Å²) in [7, 11) is 0. The summed E-state index contributed by atoms with van der Waals surface area (Å²) in [6.45, 7) is 0.00176. The SMILES string of the molecule is O=C(Nc1cc2ccccc2oc1=O)c1c[nH]c(=O)n(Cc2ccc3c(c2)OCO3)c1=O. The molecule has 10 heteroatoms. The summed E-state index contributed by atoms with van der Waals surface area (Å²) >= 11 is 0. The monoisotopic (exact) mass is 433 g/mol. The normalized spacial score (nSPS) is 12.1. The fourth-order valence-corrected chi connectivity index (χ4v) is 3.38. The van der Waals surface area contributed by atoms with Crippen molar-refractivity contribution < 1.29 is 18.7 Å². The van der Waals surface area contributed by atoms with E-state index in [1.807, 2.05) is 0 Å². The molecule has 0 spiro atoms. The average molecular weight is 433 g/mol. The quantitative estimate of drug-likeness (QED) is 0.468. The summed E-state index contributed by atoms with van der Waals surface area (Å²) in [5.74, 6) is 0.217. The van der Waals surface area contributed by atoms with Crippen molar-refractivity contribution in [1.82, 2.24) is 9.55 Å². The van der Waals surface area contributed by atoms with E-state index in [0.717, 1.165) is 10.8 Å². The van der Waals surface area contributed by atoms with Crippen LogP contribution in [0.1, 0.15) is 15.9 Å². The van der Waals surface area contributed by atoms with Crippen LogP contribution in [-0.4, -0.2) is 22.3 Å². The lowest BCUT2D eigenvalue weighted by molar-refractivity contribution is 0.102. The number of aromatic amines is 1. The largest absolute Gasteiger partial charge is 0.454 e. The Morgan fingerprint density at radius 2 is 1.84 bits per heavy atom. The molecule has 2 aromatic carbocycles. The van der Waals surface area contributed by atoms with Gasteiger partial charge in [0.1, 0.15) is 16.8 Å². The minimum absolute atomic E-state index is 0.0932. The number of benzene rings is 2. The number of carbonyl (C=O) groups excluding carboxylic acids is 1. The first-order valence-electron chi connectivity index (χ1n) is 9.55. The number of carbonyl (C=O) groups is 1. The van der Waals surface area contributed by atoms with Crippen LogP contribution in [0, 0.1) is 0 Å². The highest BCUT2D eigenvalue weighted by Gasteiger charge is 2.18. The molecule has 2 N–H and O–H groups in total. The van der Waals surface area contributed by atoms with Gasteiger partial charge >= 0.3 is 11.3 Å². The van der Waals surface area contributed by atoms with E-state index in [1.54, 1.807) is 42.5 Å². The molecule has 2 aromatic heterocycles. The Bertz CT molecular complexity index is 1550. The highest BCUT2D eigenvalue weighted by atomic mass is 16.7. The van der Waals surface area contributed by atoms with Crippen molar-refractivity contribution in [3.8, 4) is 11.5 Å². The third kappa shape index (κ3) is 3.43. The van der Waals surface area contributed by atoms with Gasteiger partial charge in [-0.1, -0.05) is 24.3 Å². The Morgan fingerprint density at radius 3 is 2.72 bits per heavy atom. The number of fused-ring (bicyclic) bond motifs is 2. The molecule has 32 heavy (non-hydrogen) atoms. The van der Waals surface area contributed by atoms with Crippen LogP contribution in [0.25, 0.3) is 11.0 Å². The lowest BCUT2D eigenvalue weighted by atomic mass is 10.2. The number of para-hydroxylation sites is 1. The van der Waals surface area contributed by atoms with E-state index in [2.05, 4.69) is 10.3 Å². The molecule has 5 rings (SSSR count). The molecule has 0 radical (unpaired) electrons. The third-order valence-corrected chi connectivity index (χ3v) is 4.97. The van der Waals surface area contributed by atoms with E-state index in [-0.39, 0.29) is 24.6 Å². The van der Waals surface area contributed by atoms with Gasteiger partial charge in [-0.25, -0.2) is 9.59 Å². The Kier molecular flexibility index (Phi) is 4.59. The number of hydrogen-bond acceptors (Lipinski definition) is 7. The molecular weight excluding hydrogens is 418 g/mol. The van der Waals surface area contributed by atoms with Crippen LogP contribution in [0.2, 0.25) is 0 Å². The number of nitrogens with zero attached hydrogens (tertiary/aromatic N) is 1. The molecule has 0 saturated carbocycles. The molecular formula is C22H15N3O7. The summed E-state index contributed by atoms with van der Waals surface area (Å²) in [5.41, 5.74) is -1.74. The second-order valence-corrected chi connectivity index (χ2v) is 7.03. The smallest absolute Gasteiger partial charge is 0.360 e. The fourth-order valence-electron chi connectivity index (χ4n) is 3.38. The van der Waals surface area contributed by atoms with Crippen LogP contribution in [0.3, 0.4) is 0 Å². The lowest BCUT2D eigenvalue weighted by Gasteiger charge is -2.09. The van der Waals surface area contributed by atoms with Crippen molar-refractivity contribution in [2.75, 3.05) is 12.1 Å². The van der Waals surface area contributed by atoms with E-state index in [4.69, 9.17) is 13.9 Å². The van der Waals surface area contributed by atoms with Crippen LogP contribution in [-0.2, 0) is 6.54 Å². The molecule has 0 atom stereocenters. The number of amides is 1. The number of aromatic nitrogens is 2. The highest BCUT2D eigenvalue weighted by molar-refractivity contribution is 6.04. The molecule has 0 bridgehead atoms. The maximum Gasteiger partial charge on any atom is 0.360 e. The van der Waals surface area contributed by atoms with Crippen molar-refractivity contribution in [3.63, 3.8) is 0 Å². The summed E-state index contributed by atoms with van der Waals surface area (Å²) in [4.78, 5) is 52.5. The number of rotatable bonds is 4. The van der Waals surface area contributed by atoms with Gasteiger partial charge in [-0.3, -0.25) is 14.2 Å². The molecule has 160 valence electrons. The molecule has 1 amide bonds. The molecule has 3 heterocycles. The second-order valence-electron chi connectivity index (χ2n) is 7.03. The maximum atomic E-state index is 12.9. The number of H-pyrrole nitrogens is 1. The zero-order valence-electron chi connectivity index (χ0n) is 16.4. The van der Waals surface area contributed by atoms with Gasteiger partial charge in [-0.2, -0.15) is 0 Å². The summed E-state index contributed by atoms with van der Waals surface area (Å²) in [5, 5.41) is 2.99. The first kappa shape index (κ1) is 19.4. The average Bonchev–Trinajstić information content (AvgIpc) is 3.25. The van der Waals surface area contributed by atoms with Gasteiger partial charge in [0.2, 0.25) is 6.79 Å². The first-order chi connectivity index (χ1) is 15.5. The minimum Gasteiger partial charge on any atom is -0.454 e. The van der Waals surface area contributed by atoms with Gasteiger partial charge in [-0.15, -0.1) is 0 Å². The van der Waals surface area contributed by atoms with Gasteiger partial charge in [0.15, 0.2) is 11.5 Å². The third-order valence-electron chi connectivity index (χ3n) is 4.97. The molecule has 1 aliphatic heterocycles. The number of ether oxygens (including phenoxy) is 2. The van der Waals surface area contributed by atoms with E-state index in [0.29, 0.717) is 28.0 Å². The van der Waals surface area contributed by atoms with Crippen LogP contribution >= 0.6 is 0 Å². The first-order valence-corrected chi connectivity index (χ1v) is 9.55. The van der Waals surface area contributed by atoms with E-state index < -0.39 is 22.8 Å². The molecule has 0 aliphatic carbocycles. The zero-order chi connectivity index (χ0) is 22.2. The predicted octanol–water partition coefficient (Wildman–Crippen LogP) is 1.67. The van der Waals surface area contributed by atoms with E-state index in [9.17, 15) is 19.2 Å². The second kappa shape index (κ2) is 7.58. The highest BCUT2D eigenvalue weighted by Crippen LogP contribution is 2.32. The fraction of sp³-hybridized carbons (Fsp3) is 0.0909. The predicted molar refractivity (Wildman–Crippen MR) is 113 cm³/mol. The number of anilines is 1. The Hall–Kier alpha value is -4.60. The maximum absolute atomic E-state index is 12.9. The van der Waals surface area contributed by atoms with E-state index >= 15 is 0 Å². The molecule has 0 fully saturated rings. The van der Waals surface area contributed by atoms with Gasteiger partial charge in [0, 0.05) is 11.6 Å². The van der Waals surface area contributed by atoms with Crippen molar-refractivity contribution in [2.24, 2.45) is 0 Å². The van der Waals surface area contributed by atoms with Gasteiger partial charge < -0.3 is 24.2 Å². The number of nitrogens with one attached hydrogen (secondary N) is 2. The van der Waals surface area contributed by atoms with Gasteiger partial charge in [0.25, 0.3) is 11.5 Å². The molecule has 4 aromatic rings. The molecule has 0 unspecified atom stereocenters. The van der Waals surface area contributed by atoms with Crippen molar-refractivity contribution >= 4 is 22.6 Å². The summed E-state index contributed by atoms with van der Waals surface area (Å²) < 4.78 is 16.6. The molecule has 1 aliphatic rings.